The molecular weight excluding hydrogens is 985 g/mol. The maximum absolute atomic E-state index is 13.9. The van der Waals surface area contributed by atoms with E-state index in [0.29, 0.717) is 45.3 Å². The van der Waals surface area contributed by atoms with Crippen LogP contribution in [0.25, 0.3) is 10.7 Å². The first kappa shape index (κ1) is 57.4. The van der Waals surface area contributed by atoms with Gasteiger partial charge in [0.2, 0.25) is 29.5 Å². The number of imidazole rings is 1. The van der Waals surface area contributed by atoms with E-state index in [9.17, 15) is 48.9 Å². The average Bonchev–Trinajstić information content (AvgIpc) is 4.13. The summed E-state index contributed by atoms with van der Waals surface area (Å²) in [5.41, 5.74) is 23.1. The lowest BCUT2D eigenvalue weighted by atomic mass is 9.96. The molecule has 0 radical (unpaired) electrons. The number of nitrogen functional groups attached to an aromatic ring is 1. The molecule has 4 aromatic heterocycles. The van der Waals surface area contributed by atoms with Crippen LogP contribution in [-0.4, -0.2) is 161 Å². The second-order valence-electron chi connectivity index (χ2n) is 16.8. The summed E-state index contributed by atoms with van der Waals surface area (Å²) in [4.78, 5) is 115. The molecule has 71 heavy (non-hydrogen) atoms. The Hall–Kier alpha value is -6.21. The van der Waals surface area contributed by atoms with E-state index in [-0.39, 0.29) is 47.6 Å². The first-order valence-electron chi connectivity index (χ1n) is 22.1. The summed E-state index contributed by atoms with van der Waals surface area (Å²) in [7, 11) is 0.295. The molecule has 0 spiro atoms. The molecule has 0 aliphatic rings. The molecule has 0 saturated heterocycles. The number of nitrogens with two attached hydrogens (primary N) is 4. The number of carbonyl (C=O) groups is 7. The molecule has 0 fully saturated rings. The third-order valence-electron chi connectivity index (χ3n) is 10.8. The molecule has 0 aliphatic carbocycles. The maximum Gasteiger partial charge on any atom is 0.271 e. The third-order valence-corrected chi connectivity index (χ3v) is 13.7. The number of carbonyl (C=O) groups excluding carboxylic acids is 7. The van der Waals surface area contributed by atoms with Crippen LogP contribution in [0.15, 0.2) is 23.3 Å². The van der Waals surface area contributed by atoms with Crippen molar-refractivity contribution in [3.8, 4) is 10.7 Å². The molecule has 9 atom stereocenters. The molecule has 0 bridgehead atoms. The van der Waals surface area contributed by atoms with Crippen molar-refractivity contribution in [3.63, 3.8) is 0 Å². The number of aromatic nitrogens is 6. The van der Waals surface area contributed by atoms with Crippen molar-refractivity contribution in [3.05, 3.63) is 56.8 Å². The summed E-state index contributed by atoms with van der Waals surface area (Å²) in [5, 5.41) is 53.5. The Kier molecular flexibility index (Phi) is 21.7. The van der Waals surface area contributed by atoms with Gasteiger partial charge in [0, 0.05) is 55.2 Å². The van der Waals surface area contributed by atoms with E-state index < -0.39 is 96.3 Å². The van der Waals surface area contributed by atoms with Gasteiger partial charge in [0.05, 0.1) is 72.0 Å². The number of amides is 7. The molecule has 0 unspecified atom stereocenters. The number of rotatable bonds is 28. The number of hydrogen-bond acceptors (Lipinski definition) is 20. The minimum atomic E-state index is -1.81. The van der Waals surface area contributed by atoms with Crippen LogP contribution in [-0.2, 0) is 41.3 Å². The van der Waals surface area contributed by atoms with Gasteiger partial charge in [-0.3, -0.25) is 33.6 Å². The lowest BCUT2D eigenvalue weighted by Gasteiger charge is -2.30. The van der Waals surface area contributed by atoms with Gasteiger partial charge in [0.25, 0.3) is 11.8 Å². The second-order valence-corrected chi connectivity index (χ2v) is 21.0. The van der Waals surface area contributed by atoms with Gasteiger partial charge in [-0.1, -0.05) is 6.92 Å². The van der Waals surface area contributed by atoms with Crippen molar-refractivity contribution in [2.45, 2.75) is 95.5 Å². The monoisotopic (exact) mass is 1050 g/mol. The molecule has 0 aliphatic heterocycles. The molecule has 26 nitrogen and oxygen atoms in total. The number of aliphatic hydroxyl groups is 3. The minimum absolute atomic E-state index is 0.000812. The molecular formula is C42H63N16O10S3+. The van der Waals surface area contributed by atoms with E-state index in [1.54, 1.807) is 10.8 Å². The quantitative estimate of drug-likeness (QED) is 0.0194. The topological polar surface area (TPSA) is 437 Å². The Morgan fingerprint density at radius 2 is 1.56 bits per heavy atom. The number of hydrogen-bond donors (Lipinski definition) is 14. The van der Waals surface area contributed by atoms with Gasteiger partial charge in [0.15, 0.2) is 0 Å². The summed E-state index contributed by atoms with van der Waals surface area (Å²) >= 11 is 2.62. The lowest BCUT2D eigenvalue weighted by Crippen LogP contribution is -2.57. The Bertz CT molecular complexity index is 2470. The Balaban J connectivity index is 1.38. The van der Waals surface area contributed by atoms with Crippen molar-refractivity contribution < 1.29 is 48.9 Å². The fraction of sp³-hybridized carbons (Fsp3) is 0.524. The zero-order valence-corrected chi connectivity index (χ0v) is 42.4. The molecule has 7 amide bonds. The summed E-state index contributed by atoms with van der Waals surface area (Å²) in [6.45, 7) is 5.80. The zero-order chi connectivity index (χ0) is 52.7. The van der Waals surface area contributed by atoms with Gasteiger partial charge in [-0.2, -0.15) is 0 Å². The third kappa shape index (κ3) is 16.7. The van der Waals surface area contributed by atoms with Crippen LogP contribution in [0.3, 0.4) is 0 Å². The Labute approximate surface area is 419 Å². The van der Waals surface area contributed by atoms with Crippen LogP contribution >= 0.6 is 22.7 Å². The van der Waals surface area contributed by atoms with Crippen molar-refractivity contribution in [1.29, 1.82) is 0 Å². The molecule has 4 aromatic rings. The smallest absolute Gasteiger partial charge is 0.271 e. The Morgan fingerprint density at radius 3 is 2.20 bits per heavy atom. The van der Waals surface area contributed by atoms with E-state index in [0.717, 1.165) is 12.2 Å². The van der Waals surface area contributed by atoms with Gasteiger partial charge in [-0.25, -0.2) is 24.9 Å². The van der Waals surface area contributed by atoms with E-state index >= 15 is 0 Å². The van der Waals surface area contributed by atoms with Crippen LogP contribution < -0.4 is 54.8 Å². The van der Waals surface area contributed by atoms with Gasteiger partial charge in [-0.05, 0) is 31.7 Å². The standard InChI is InChI=1S/C42H62N16O10S3/c1-18-29(55-36(58-34(18)45)23(12-27(44)60)50-13-22(43)35(46)63)40(67)57-31(33(62)24-14-47-17-51-24)41(68)52-20(3)32(61)19(2)37(64)56-30(21(4)59)39(66)49-10-8-28-53-26(16-69-28)42-54-25(15-70-42)38(65)48-9-7-11-71(5)6/h14-17,19-23,30-33,50,59,61-62H,7-13,43H2,1-6H3,(H11-,44,45,46,47,48,49,51,52,55,56,57,58,60,63,64,65,66,67,68)/p+1/t19-,20+,21+,22-,23-,30-,31-,32-,33-/m0/s1. The highest BCUT2D eigenvalue weighted by Crippen LogP contribution is 2.26. The van der Waals surface area contributed by atoms with Crippen LogP contribution in [0, 0.1) is 12.8 Å². The first-order valence-corrected chi connectivity index (χ1v) is 26.1. The minimum Gasteiger partial charge on any atom is -0.391 e. The first-order chi connectivity index (χ1) is 33.5. The number of nitrogens with zero attached hydrogens (tertiary/aromatic N) is 5. The predicted molar refractivity (Wildman–Crippen MR) is 265 cm³/mol. The van der Waals surface area contributed by atoms with Crippen LogP contribution in [0.1, 0.15) is 88.8 Å². The van der Waals surface area contributed by atoms with Gasteiger partial charge >= 0.3 is 0 Å². The highest BCUT2D eigenvalue weighted by Gasteiger charge is 2.37. The molecule has 0 aromatic carbocycles. The van der Waals surface area contributed by atoms with Gasteiger partial charge in [0.1, 0.15) is 57.7 Å². The van der Waals surface area contributed by atoms with E-state index in [4.69, 9.17) is 22.9 Å². The van der Waals surface area contributed by atoms with E-state index in [1.165, 1.54) is 62.9 Å². The van der Waals surface area contributed by atoms with E-state index in [1.807, 2.05) is 0 Å². The molecule has 4 heterocycles. The summed E-state index contributed by atoms with van der Waals surface area (Å²) in [5.74, 6) is -6.24. The van der Waals surface area contributed by atoms with E-state index in [2.05, 4.69) is 74.3 Å². The molecule has 388 valence electrons. The van der Waals surface area contributed by atoms with Crippen molar-refractivity contribution in [1.82, 2.24) is 61.8 Å². The SMILES string of the molecule is Cc1c(N)nc([C@H](CC(N)=O)NC[C@H](N)C(N)=O)nc1C(=O)N[C@H](C(=O)N[C@H](C)[C@@H](O)[C@H](C)C(=O)N[C@H](C(=O)NCCc1nc(-c2nc(C(=O)NCCC[S+](C)C)cs2)cs1)[C@@H](C)O)[C@@H](O)c1cnc[nH]1. The fourth-order valence-electron chi connectivity index (χ4n) is 6.61. The zero-order valence-electron chi connectivity index (χ0n) is 39.9. The van der Waals surface area contributed by atoms with Crippen molar-refractivity contribution in [2.75, 3.05) is 43.6 Å². The number of primary amides is 2. The maximum atomic E-state index is 13.9. The van der Waals surface area contributed by atoms with Crippen molar-refractivity contribution in [2.24, 2.45) is 23.1 Å². The average molecular weight is 1050 g/mol. The number of anilines is 1. The van der Waals surface area contributed by atoms with Crippen molar-refractivity contribution >= 4 is 80.7 Å². The van der Waals surface area contributed by atoms with Crippen LogP contribution in [0.4, 0.5) is 5.82 Å². The van der Waals surface area contributed by atoms with Crippen LogP contribution in [0.2, 0.25) is 0 Å². The number of nitrogens with one attached hydrogen (secondary N) is 7. The van der Waals surface area contributed by atoms with Gasteiger partial charge in [-0.15, -0.1) is 22.7 Å². The normalized spacial score (nSPS) is 15.3. The molecule has 18 N–H and O–H groups in total. The number of thiazole rings is 2. The molecule has 29 heteroatoms. The number of aliphatic hydroxyl groups excluding tert-OH is 3. The highest BCUT2D eigenvalue weighted by atomic mass is 32.2. The fourth-order valence-corrected chi connectivity index (χ4v) is 8.95. The summed E-state index contributed by atoms with van der Waals surface area (Å²) in [6, 6.07) is -6.77. The largest absolute Gasteiger partial charge is 0.391 e. The number of H-pyrrole nitrogens is 1. The predicted octanol–water partition coefficient (Wildman–Crippen LogP) is -3.45. The summed E-state index contributed by atoms with van der Waals surface area (Å²) < 4.78 is 0. The van der Waals surface area contributed by atoms with Crippen LogP contribution in [0.5, 0.6) is 0 Å². The molecule has 0 saturated carbocycles. The number of aromatic amines is 1. The summed E-state index contributed by atoms with van der Waals surface area (Å²) in [6.07, 6.45) is 2.70. The van der Waals surface area contributed by atoms with Gasteiger partial charge < -0.3 is 75.1 Å². The lowest BCUT2D eigenvalue weighted by molar-refractivity contribution is -0.136. The molecule has 4 rings (SSSR count). The second kappa shape index (κ2) is 26.8. The highest BCUT2D eigenvalue weighted by molar-refractivity contribution is 7.95. The Morgan fingerprint density at radius 1 is 0.845 bits per heavy atom.